The van der Waals surface area contributed by atoms with E-state index in [1.165, 1.54) is 16.7 Å². The van der Waals surface area contributed by atoms with E-state index in [1.54, 1.807) is 6.92 Å². The Hall–Kier alpha value is -1.32. The standard InChI is InChI=1S/C17H19BrO2/c1-11-5-4-6-12(2)16(11)10-20-17-9-14(18)7-8-15(17)13(3)19/h4-9,13,19H,10H2,1-3H3/t13-/m0/s1. The van der Waals surface area contributed by atoms with Crippen LogP contribution in [-0.2, 0) is 6.61 Å². The quantitative estimate of drug-likeness (QED) is 0.878. The molecule has 106 valence electrons. The van der Waals surface area contributed by atoms with E-state index in [0.717, 1.165) is 15.8 Å². The lowest BCUT2D eigenvalue weighted by atomic mass is 10.0. The minimum absolute atomic E-state index is 0.509. The Kier molecular flexibility index (Phi) is 4.84. The molecule has 0 saturated carbocycles. The highest BCUT2D eigenvalue weighted by molar-refractivity contribution is 9.10. The van der Waals surface area contributed by atoms with Crippen LogP contribution in [0.1, 0.15) is 35.3 Å². The Morgan fingerprint density at radius 1 is 1.15 bits per heavy atom. The molecule has 0 heterocycles. The molecule has 0 radical (unpaired) electrons. The van der Waals surface area contributed by atoms with Crippen LogP contribution in [-0.4, -0.2) is 5.11 Å². The second kappa shape index (κ2) is 6.42. The lowest BCUT2D eigenvalue weighted by Gasteiger charge is -2.16. The summed E-state index contributed by atoms with van der Waals surface area (Å²) in [4.78, 5) is 0. The van der Waals surface area contributed by atoms with Gasteiger partial charge in [-0.25, -0.2) is 0 Å². The zero-order valence-corrected chi connectivity index (χ0v) is 13.6. The first-order valence-corrected chi connectivity index (χ1v) is 7.43. The highest BCUT2D eigenvalue weighted by Gasteiger charge is 2.11. The summed E-state index contributed by atoms with van der Waals surface area (Å²) in [6, 6.07) is 11.9. The summed E-state index contributed by atoms with van der Waals surface area (Å²) in [5.41, 5.74) is 4.45. The second-order valence-corrected chi connectivity index (χ2v) is 5.93. The van der Waals surface area contributed by atoms with Gasteiger partial charge >= 0.3 is 0 Å². The maximum absolute atomic E-state index is 9.81. The van der Waals surface area contributed by atoms with Crippen LogP contribution >= 0.6 is 15.9 Å². The molecule has 1 N–H and O–H groups in total. The number of aryl methyl sites for hydroxylation is 2. The van der Waals surface area contributed by atoms with Gasteiger partial charge in [0, 0.05) is 10.0 Å². The van der Waals surface area contributed by atoms with Crippen molar-refractivity contribution in [2.24, 2.45) is 0 Å². The first-order valence-electron chi connectivity index (χ1n) is 6.64. The molecule has 0 fully saturated rings. The molecule has 0 aliphatic heterocycles. The Labute approximate surface area is 128 Å². The molecule has 0 amide bonds. The molecule has 2 aromatic rings. The number of rotatable bonds is 4. The summed E-state index contributed by atoms with van der Waals surface area (Å²) >= 11 is 3.44. The first kappa shape index (κ1) is 15.1. The van der Waals surface area contributed by atoms with Crippen molar-refractivity contribution in [3.63, 3.8) is 0 Å². The van der Waals surface area contributed by atoms with Gasteiger partial charge in [0.2, 0.25) is 0 Å². The Bertz CT molecular complexity index is 586. The van der Waals surface area contributed by atoms with Gasteiger partial charge in [-0.3, -0.25) is 0 Å². The van der Waals surface area contributed by atoms with Gasteiger partial charge in [-0.05, 0) is 49.6 Å². The molecule has 2 nitrogen and oxygen atoms in total. The van der Waals surface area contributed by atoms with Crippen molar-refractivity contribution in [3.05, 3.63) is 63.1 Å². The minimum Gasteiger partial charge on any atom is -0.488 e. The van der Waals surface area contributed by atoms with Gasteiger partial charge in [0.05, 0.1) is 6.10 Å². The van der Waals surface area contributed by atoms with E-state index in [-0.39, 0.29) is 0 Å². The molecular weight excluding hydrogens is 316 g/mol. The number of ether oxygens (including phenoxy) is 1. The minimum atomic E-state index is -0.545. The van der Waals surface area contributed by atoms with Crippen LogP contribution in [0.4, 0.5) is 0 Å². The predicted molar refractivity (Wildman–Crippen MR) is 85.0 cm³/mol. The van der Waals surface area contributed by atoms with Gasteiger partial charge in [-0.1, -0.05) is 40.2 Å². The number of hydrogen-bond donors (Lipinski definition) is 1. The molecule has 3 heteroatoms. The first-order chi connectivity index (χ1) is 9.49. The summed E-state index contributed by atoms with van der Waals surface area (Å²) in [6.45, 7) is 6.42. The summed E-state index contributed by atoms with van der Waals surface area (Å²) in [5, 5.41) is 9.81. The number of aliphatic hydroxyl groups is 1. The van der Waals surface area contributed by atoms with Crippen molar-refractivity contribution in [2.75, 3.05) is 0 Å². The highest BCUT2D eigenvalue weighted by atomic mass is 79.9. The molecule has 0 bridgehead atoms. The number of hydrogen-bond acceptors (Lipinski definition) is 2. The van der Waals surface area contributed by atoms with Crippen LogP contribution in [0.5, 0.6) is 5.75 Å². The maximum atomic E-state index is 9.81. The van der Waals surface area contributed by atoms with Crippen molar-refractivity contribution in [1.29, 1.82) is 0 Å². The Morgan fingerprint density at radius 3 is 2.40 bits per heavy atom. The summed E-state index contributed by atoms with van der Waals surface area (Å²) in [6.07, 6.45) is -0.545. The highest BCUT2D eigenvalue weighted by Crippen LogP contribution is 2.29. The van der Waals surface area contributed by atoms with E-state index < -0.39 is 6.10 Å². The molecule has 2 rings (SSSR count). The molecule has 2 aromatic carbocycles. The fraction of sp³-hybridized carbons (Fsp3) is 0.294. The lowest BCUT2D eigenvalue weighted by Crippen LogP contribution is -2.03. The van der Waals surface area contributed by atoms with E-state index in [0.29, 0.717) is 6.61 Å². The van der Waals surface area contributed by atoms with Gasteiger partial charge in [0.1, 0.15) is 12.4 Å². The zero-order chi connectivity index (χ0) is 14.7. The van der Waals surface area contributed by atoms with E-state index in [9.17, 15) is 5.11 Å². The third kappa shape index (κ3) is 3.41. The fourth-order valence-corrected chi connectivity index (χ4v) is 2.54. The van der Waals surface area contributed by atoms with Gasteiger partial charge in [0.25, 0.3) is 0 Å². The average molecular weight is 335 g/mol. The van der Waals surface area contributed by atoms with Crippen molar-refractivity contribution in [3.8, 4) is 5.75 Å². The molecule has 0 aromatic heterocycles. The largest absolute Gasteiger partial charge is 0.488 e. The SMILES string of the molecule is Cc1cccc(C)c1COc1cc(Br)ccc1[C@H](C)O. The molecule has 0 aliphatic carbocycles. The molecule has 20 heavy (non-hydrogen) atoms. The Morgan fingerprint density at radius 2 is 1.80 bits per heavy atom. The van der Waals surface area contributed by atoms with Crippen LogP contribution in [0.2, 0.25) is 0 Å². The summed E-state index contributed by atoms with van der Waals surface area (Å²) in [5.74, 6) is 0.719. The summed E-state index contributed by atoms with van der Waals surface area (Å²) < 4.78 is 6.88. The van der Waals surface area contributed by atoms with E-state index >= 15 is 0 Å². The number of aliphatic hydroxyl groups excluding tert-OH is 1. The second-order valence-electron chi connectivity index (χ2n) is 5.02. The van der Waals surface area contributed by atoms with E-state index in [4.69, 9.17) is 4.74 Å². The van der Waals surface area contributed by atoms with Gasteiger partial charge in [-0.2, -0.15) is 0 Å². The molecule has 0 unspecified atom stereocenters. The molecule has 0 aliphatic rings. The van der Waals surface area contributed by atoms with Crippen molar-refractivity contribution < 1.29 is 9.84 Å². The zero-order valence-electron chi connectivity index (χ0n) is 12.0. The van der Waals surface area contributed by atoms with Crippen molar-refractivity contribution in [2.45, 2.75) is 33.5 Å². The fourth-order valence-electron chi connectivity index (χ4n) is 2.20. The van der Waals surface area contributed by atoms with Crippen molar-refractivity contribution in [1.82, 2.24) is 0 Å². The number of benzene rings is 2. The number of halogens is 1. The Balaban J connectivity index is 2.25. The van der Waals surface area contributed by atoms with Crippen LogP contribution in [0, 0.1) is 13.8 Å². The van der Waals surface area contributed by atoms with E-state index in [2.05, 4.69) is 48.0 Å². The van der Waals surface area contributed by atoms with Gasteiger partial charge in [-0.15, -0.1) is 0 Å². The molecular formula is C17H19BrO2. The van der Waals surface area contributed by atoms with E-state index in [1.807, 2.05) is 18.2 Å². The van der Waals surface area contributed by atoms with Gasteiger partial charge in [0.15, 0.2) is 0 Å². The lowest BCUT2D eigenvalue weighted by molar-refractivity contribution is 0.190. The predicted octanol–water partition coefficient (Wildman–Crippen LogP) is 4.70. The van der Waals surface area contributed by atoms with Crippen LogP contribution in [0.25, 0.3) is 0 Å². The van der Waals surface area contributed by atoms with Crippen LogP contribution in [0.3, 0.4) is 0 Å². The molecule has 0 saturated heterocycles. The van der Waals surface area contributed by atoms with Gasteiger partial charge < -0.3 is 9.84 Å². The third-order valence-corrected chi connectivity index (χ3v) is 3.94. The monoisotopic (exact) mass is 334 g/mol. The molecule has 1 atom stereocenters. The smallest absolute Gasteiger partial charge is 0.126 e. The normalized spacial score (nSPS) is 12.2. The topological polar surface area (TPSA) is 29.5 Å². The third-order valence-electron chi connectivity index (χ3n) is 3.44. The van der Waals surface area contributed by atoms with Crippen LogP contribution < -0.4 is 4.74 Å². The molecule has 0 spiro atoms. The average Bonchev–Trinajstić information content (AvgIpc) is 2.37. The van der Waals surface area contributed by atoms with Crippen molar-refractivity contribution >= 4 is 15.9 Å². The summed E-state index contributed by atoms with van der Waals surface area (Å²) in [7, 11) is 0. The maximum Gasteiger partial charge on any atom is 0.126 e. The van der Waals surface area contributed by atoms with Crippen LogP contribution in [0.15, 0.2) is 40.9 Å².